The Morgan fingerprint density at radius 1 is 1.12 bits per heavy atom. The molecule has 1 aromatic heterocycles. The number of amides is 1. The second-order valence-corrected chi connectivity index (χ2v) is 10.3. The number of nitrogens with one attached hydrogen (secondary N) is 1. The van der Waals surface area contributed by atoms with Gasteiger partial charge in [0.25, 0.3) is 0 Å². The van der Waals surface area contributed by atoms with Gasteiger partial charge in [0.15, 0.2) is 0 Å². The Morgan fingerprint density at radius 3 is 2.72 bits per heavy atom. The fourth-order valence-electron chi connectivity index (χ4n) is 4.43. The molecule has 0 saturated carbocycles. The standard InChI is InChI=1S/C25H31N3O3S/c1-2-27-17-14-21-18-23(12-13-24(21)27)32(30,31)28-16-7-11-22(19-28)25(29)26-15-6-10-20-8-4-3-5-9-20/h3-5,8-9,12-14,17-18,22H,2,6-7,10-11,15-16,19H2,1H3,(H,26,29). The van der Waals surface area contributed by atoms with E-state index in [1.807, 2.05) is 36.5 Å². The monoisotopic (exact) mass is 453 g/mol. The predicted octanol–water partition coefficient (Wildman–Crippen LogP) is 3.81. The smallest absolute Gasteiger partial charge is 0.243 e. The molecule has 1 saturated heterocycles. The first kappa shape index (κ1) is 22.6. The molecule has 1 unspecified atom stereocenters. The molecule has 1 atom stereocenters. The number of hydrogen-bond acceptors (Lipinski definition) is 3. The molecule has 0 spiro atoms. The second-order valence-electron chi connectivity index (χ2n) is 8.40. The third-order valence-electron chi connectivity index (χ3n) is 6.26. The van der Waals surface area contributed by atoms with Gasteiger partial charge in [-0.1, -0.05) is 30.3 Å². The summed E-state index contributed by atoms with van der Waals surface area (Å²) in [6.45, 7) is 4.19. The van der Waals surface area contributed by atoms with Crippen LogP contribution in [-0.2, 0) is 27.8 Å². The zero-order valence-electron chi connectivity index (χ0n) is 18.5. The van der Waals surface area contributed by atoms with Crippen LogP contribution in [0.25, 0.3) is 10.9 Å². The number of aryl methyl sites for hydroxylation is 2. The highest BCUT2D eigenvalue weighted by Crippen LogP contribution is 2.27. The average Bonchev–Trinajstić information content (AvgIpc) is 3.25. The largest absolute Gasteiger partial charge is 0.356 e. The number of fused-ring (bicyclic) bond motifs is 1. The van der Waals surface area contributed by atoms with E-state index < -0.39 is 10.0 Å². The van der Waals surface area contributed by atoms with E-state index >= 15 is 0 Å². The van der Waals surface area contributed by atoms with Crippen LogP contribution in [0.4, 0.5) is 0 Å². The number of benzene rings is 2. The van der Waals surface area contributed by atoms with E-state index in [0.29, 0.717) is 24.4 Å². The van der Waals surface area contributed by atoms with Crippen molar-refractivity contribution in [2.75, 3.05) is 19.6 Å². The quantitative estimate of drug-likeness (QED) is 0.527. The summed E-state index contributed by atoms with van der Waals surface area (Å²) >= 11 is 0. The minimum Gasteiger partial charge on any atom is -0.356 e. The molecule has 3 aromatic rings. The molecule has 2 heterocycles. The first-order chi connectivity index (χ1) is 15.5. The lowest BCUT2D eigenvalue weighted by atomic mass is 9.99. The van der Waals surface area contributed by atoms with Crippen molar-refractivity contribution >= 4 is 26.8 Å². The summed E-state index contributed by atoms with van der Waals surface area (Å²) in [5, 5.41) is 3.92. The van der Waals surface area contributed by atoms with E-state index in [4.69, 9.17) is 0 Å². The number of rotatable bonds is 8. The van der Waals surface area contributed by atoms with E-state index in [-0.39, 0.29) is 18.4 Å². The van der Waals surface area contributed by atoms with Crippen LogP contribution in [0, 0.1) is 5.92 Å². The number of hydrogen-bond donors (Lipinski definition) is 1. The number of nitrogens with zero attached hydrogens (tertiary/aromatic N) is 2. The third kappa shape index (κ3) is 4.89. The Bertz CT molecular complexity index is 1170. The Kier molecular flexibility index (Phi) is 6.96. The highest BCUT2D eigenvalue weighted by Gasteiger charge is 2.33. The molecular formula is C25H31N3O3S. The number of aromatic nitrogens is 1. The molecule has 7 heteroatoms. The topological polar surface area (TPSA) is 71.4 Å². The molecule has 1 fully saturated rings. The Labute approximate surface area is 190 Å². The van der Waals surface area contributed by atoms with Crippen LogP contribution in [0.1, 0.15) is 31.7 Å². The SMILES string of the molecule is CCn1ccc2cc(S(=O)(=O)N3CCCC(C(=O)NCCCc4ccccc4)C3)ccc21. The summed E-state index contributed by atoms with van der Waals surface area (Å²) in [6, 6.07) is 17.4. The summed E-state index contributed by atoms with van der Waals surface area (Å²) in [5.74, 6) is -0.353. The first-order valence-electron chi connectivity index (χ1n) is 11.4. The van der Waals surface area contributed by atoms with Crippen molar-refractivity contribution in [3.05, 3.63) is 66.4 Å². The molecule has 1 amide bonds. The summed E-state index contributed by atoms with van der Waals surface area (Å²) < 4.78 is 30.1. The maximum atomic E-state index is 13.3. The van der Waals surface area contributed by atoms with Crippen LogP contribution in [0.15, 0.2) is 65.7 Å². The van der Waals surface area contributed by atoms with Crippen molar-refractivity contribution in [3.63, 3.8) is 0 Å². The van der Waals surface area contributed by atoms with E-state index in [1.54, 1.807) is 12.1 Å². The predicted molar refractivity (Wildman–Crippen MR) is 127 cm³/mol. The van der Waals surface area contributed by atoms with Crippen molar-refractivity contribution in [2.24, 2.45) is 5.92 Å². The lowest BCUT2D eigenvalue weighted by Gasteiger charge is -2.31. The highest BCUT2D eigenvalue weighted by molar-refractivity contribution is 7.89. The van der Waals surface area contributed by atoms with Gasteiger partial charge in [0.05, 0.1) is 10.8 Å². The zero-order chi connectivity index (χ0) is 22.6. The Balaban J connectivity index is 1.36. The van der Waals surface area contributed by atoms with E-state index in [1.165, 1.54) is 9.87 Å². The van der Waals surface area contributed by atoms with E-state index in [2.05, 4.69) is 28.9 Å². The van der Waals surface area contributed by atoms with Crippen molar-refractivity contribution in [2.45, 2.75) is 44.0 Å². The second kappa shape index (κ2) is 9.88. The molecule has 4 rings (SSSR count). The molecule has 1 N–H and O–H groups in total. The van der Waals surface area contributed by atoms with Crippen molar-refractivity contribution in [3.8, 4) is 0 Å². The first-order valence-corrected chi connectivity index (χ1v) is 12.8. The lowest BCUT2D eigenvalue weighted by Crippen LogP contribution is -2.45. The zero-order valence-corrected chi connectivity index (χ0v) is 19.4. The molecule has 0 bridgehead atoms. The minimum absolute atomic E-state index is 0.0477. The van der Waals surface area contributed by atoms with Gasteiger partial charge >= 0.3 is 0 Å². The van der Waals surface area contributed by atoms with Crippen LogP contribution in [-0.4, -0.2) is 42.8 Å². The minimum atomic E-state index is -3.63. The fraction of sp³-hybridized carbons (Fsp3) is 0.400. The van der Waals surface area contributed by atoms with Gasteiger partial charge in [-0.25, -0.2) is 8.42 Å². The molecular weight excluding hydrogens is 422 g/mol. The third-order valence-corrected chi connectivity index (χ3v) is 8.12. The van der Waals surface area contributed by atoms with Crippen LogP contribution in [0.3, 0.4) is 0 Å². The molecule has 6 nitrogen and oxygen atoms in total. The molecule has 32 heavy (non-hydrogen) atoms. The molecule has 1 aliphatic rings. The van der Waals surface area contributed by atoms with Gasteiger partial charge in [-0.2, -0.15) is 4.31 Å². The number of carbonyl (C=O) groups excluding carboxylic acids is 1. The fourth-order valence-corrected chi connectivity index (χ4v) is 5.99. The molecule has 2 aromatic carbocycles. The van der Waals surface area contributed by atoms with Gasteiger partial charge in [-0.05, 0) is 62.4 Å². The molecule has 0 aliphatic carbocycles. The van der Waals surface area contributed by atoms with Crippen molar-refractivity contribution in [1.82, 2.24) is 14.2 Å². The van der Waals surface area contributed by atoms with Gasteiger partial charge in [0.2, 0.25) is 15.9 Å². The summed E-state index contributed by atoms with van der Waals surface area (Å²) in [5.41, 5.74) is 2.28. The Hall–Kier alpha value is -2.64. The van der Waals surface area contributed by atoms with Crippen LogP contribution in [0.2, 0.25) is 0 Å². The van der Waals surface area contributed by atoms with Gasteiger partial charge in [-0.15, -0.1) is 0 Å². The van der Waals surface area contributed by atoms with Crippen molar-refractivity contribution in [1.29, 1.82) is 0 Å². The number of carbonyl (C=O) groups is 1. The summed E-state index contributed by atoms with van der Waals surface area (Å²) in [6.07, 6.45) is 5.15. The molecule has 170 valence electrons. The average molecular weight is 454 g/mol. The summed E-state index contributed by atoms with van der Waals surface area (Å²) in [7, 11) is -3.63. The molecule has 1 aliphatic heterocycles. The maximum Gasteiger partial charge on any atom is 0.243 e. The number of sulfonamides is 1. The van der Waals surface area contributed by atoms with E-state index in [9.17, 15) is 13.2 Å². The number of piperidine rings is 1. The normalized spacial score (nSPS) is 17.5. The van der Waals surface area contributed by atoms with Crippen LogP contribution >= 0.6 is 0 Å². The van der Waals surface area contributed by atoms with E-state index in [0.717, 1.165) is 36.7 Å². The van der Waals surface area contributed by atoms with Gasteiger partial charge in [0, 0.05) is 43.3 Å². The van der Waals surface area contributed by atoms with Gasteiger partial charge < -0.3 is 9.88 Å². The summed E-state index contributed by atoms with van der Waals surface area (Å²) in [4.78, 5) is 13.0. The van der Waals surface area contributed by atoms with Crippen molar-refractivity contribution < 1.29 is 13.2 Å². The molecule has 0 radical (unpaired) electrons. The lowest BCUT2D eigenvalue weighted by molar-refractivity contribution is -0.126. The maximum absolute atomic E-state index is 13.3. The Morgan fingerprint density at radius 2 is 1.94 bits per heavy atom. The van der Waals surface area contributed by atoms with Crippen LogP contribution in [0.5, 0.6) is 0 Å². The van der Waals surface area contributed by atoms with Gasteiger partial charge in [0.1, 0.15) is 0 Å². The highest BCUT2D eigenvalue weighted by atomic mass is 32.2. The van der Waals surface area contributed by atoms with Crippen LogP contribution < -0.4 is 5.32 Å². The van der Waals surface area contributed by atoms with Gasteiger partial charge in [-0.3, -0.25) is 4.79 Å².